The van der Waals surface area contributed by atoms with Gasteiger partial charge in [-0.15, -0.1) is 0 Å². The fourth-order valence-corrected chi connectivity index (χ4v) is 7.16. The molecule has 9 aromatic rings. The number of hydrogen-bond acceptors (Lipinski definition) is 1. The lowest BCUT2D eigenvalue weighted by Gasteiger charge is -2.25. The molecule has 2 heteroatoms. The second-order valence-corrected chi connectivity index (χ2v) is 12.2. The molecule has 0 saturated carbocycles. The Morgan fingerprint density at radius 1 is 0.375 bits per heavy atom. The third-order valence-electron chi connectivity index (χ3n) is 9.34. The molecular weight excluding hydrogens is 581 g/mol. The number of para-hydroxylation sites is 3. The van der Waals surface area contributed by atoms with Gasteiger partial charge in [0.15, 0.2) is 0 Å². The molecule has 0 unspecified atom stereocenters. The van der Waals surface area contributed by atoms with Crippen LogP contribution in [0.2, 0.25) is 0 Å². The van der Waals surface area contributed by atoms with E-state index < -0.39 is 0 Å². The van der Waals surface area contributed by atoms with Gasteiger partial charge in [-0.3, -0.25) is 0 Å². The van der Waals surface area contributed by atoms with Crippen molar-refractivity contribution in [1.82, 2.24) is 4.57 Å². The first-order valence-corrected chi connectivity index (χ1v) is 16.4. The summed E-state index contributed by atoms with van der Waals surface area (Å²) in [6.45, 7) is 0. The summed E-state index contributed by atoms with van der Waals surface area (Å²) in [5.74, 6) is 0. The second kappa shape index (κ2) is 11.8. The van der Waals surface area contributed by atoms with Crippen LogP contribution in [0.3, 0.4) is 0 Å². The Kier molecular flexibility index (Phi) is 6.84. The van der Waals surface area contributed by atoms with E-state index in [0.717, 1.165) is 22.7 Å². The zero-order valence-corrected chi connectivity index (χ0v) is 26.4. The topological polar surface area (TPSA) is 8.17 Å². The number of nitrogens with zero attached hydrogens (tertiary/aromatic N) is 2. The maximum Gasteiger partial charge on any atom is 0.0625 e. The molecule has 2 nitrogen and oxygen atoms in total. The molecule has 0 radical (unpaired) electrons. The van der Waals surface area contributed by atoms with Crippen LogP contribution in [0.4, 0.5) is 17.1 Å². The van der Waals surface area contributed by atoms with Gasteiger partial charge in [0.05, 0.1) is 11.0 Å². The highest BCUT2D eigenvalue weighted by Gasteiger charge is 2.20. The molecule has 8 aromatic carbocycles. The van der Waals surface area contributed by atoms with Gasteiger partial charge < -0.3 is 9.47 Å². The summed E-state index contributed by atoms with van der Waals surface area (Å²) >= 11 is 0. The maximum atomic E-state index is 2.45. The van der Waals surface area contributed by atoms with E-state index >= 15 is 0 Å². The minimum absolute atomic E-state index is 1.12. The summed E-state index contributed by atoms with van der Waals surface area (Å²) in [5, 5.41) is 5.01. The second-order valence-electron chi connectivity index (χ2n) is 12.2. The van der Waals surface area contributed by atoms with Crippen molar-refractivity contribution in [2.24, 2.45) is 0 Å². The van der Waals surface area contributed by atoms with Gasteiger partial charge in [-0.2, -0.15) is 0 Å². The summed E-state index contributed by atoms with van der Waals surface area (Å²) in [7, 11) is 0. The van der Waals surface area contributed by atoms with Crippen molar-refractivity contribution in [3.8, 4) is 27.9 Å². The summed E-state index contributed by atoms with van der Waals surface area (Å²) in [4.78, 5) is 2.30. The largest absolute Gasteiger partial charge is 0.311 e. The number of anilines is 3. The van der Waals surface area contributed by atoms with E-state index in [1.54, 1.807) is 0 Å². The van der Waals surface area contributed by atoms with Crippen molar-refractivity contribution < 1.29 is 0 Å². The Hall–Kier alpha value is -6.38. The van der Waals surface area contributed by atoms with Crippen LogP contribution < -0.4 is 4.90 Å². The van der Waals surface area contributed by atoms with Crippen LogP contribution in [-0.2, 0) is 0 Å². The molecule has 0 fully saturated rings. The molecule has 1 heterocycles. The molecule has 226 valence electrons. The maximum absolute atomic E-state index is 2.45. The van der Waals surface area contributed by atoms with E-state index in [9.17, 15) is 0 Å². The summed E-state index contributed by atoms with van der Waals surface area (Å²) in [6, 6.07) is 69.7. The van der Waals surface area contributed by atoms with Crippen LogP contribution in [0.15, 0.2) is 194 Å². The lowest BCUT2D eigenvalue weighted by Crippen LogP contribution is -2.09. The van der Waals surface area contributed by atoms with Gasteiger partial charge in [-0.25, -0.2) is 0 Å². The predicted octanol–water partition coefficient (Wildman–Crippen LogP) is 12.7. The van der Waals surface area contributed by atoms with Crippen molar-refractivity contribution >= 4 is 49.6 Å². The SMILES string of the molecule is c1ccc(-c2cc3ccccc3c3c2c2cc(-c4ccc(N(c5ccccc5)c5ccccc5)cc4)ccc2n3-c2ccccc2)cc1. The molecule has 1 aromatic heterocycles. The first kappa shape index (κ1) is 27.9. The summed E-state index contributed by atoms with van der Waals surface area (Å²) < 4.78 is 2.45. The Balaban J connectivity index is 1.26. The van der Waals surface area contributed by atoms with Gasteiger partial charge in [0.2, 0.25) is 0 Å². The molecule has 0 aliphatic heterocycles. The van der Waals surface area contributed by atoms with E-state index in [-0.39, 0.29) is 0 Å². The van der Waals surface area contributed by atoms with E-state index in [1.165, 1.54) is 54.8 Å². The zero-order valence-electron chi connectivity index (χ0n) is 26.4. The third-order valence-corrected chi connectivity index (χ3v) is 9.34. The quantitative estimate of drug-likeness (QED) is 0.181. The summed E-state index contributed by atoms with van der Waals surface area (Å²) in [6.07, 6.45) is 0. The van der Waals surface area contributed by atoms with Gasteiger partial charge in [-0.05, 0) is 94.4 Å². The zero-order chi connectivity index (χ0) is 31.9. The smallest absolute Gasteiger partial charge is 0.0625 e. The van der Waals surface area contributed by atoms with Crippen LogP contribution in [-0.4, -0.2) is 4.57 Å². The lowest BCUT2D eigenvalue weighted by atomic mass is 9.94. The van der Waals surface area contributed by atoms with Crippen molar-refractivity contribution in [1.29, 1.82) is 0 Å². The molecule has 0 N–H and O–H groups in total. The molecule has 0 atom stereocenters. The van der Waals surface area contributed by atoms with Crippen LogP contribution in [0.1, 0.15) is 0 Å². The molecule has 0 spiro atoms. The standard InChI is InChI=1S/C46H32N2/c1-5-15-34(16-6-1)42-32-36-17-13-14-24-41(36)46-45(42)43-31-35(27-30-44(43)48(46)39-22-11-4-12-23-39)33-25-28-40(29-26-33)47(37-18-7-2-8-19-37)38-20-9-3-10-21-38/h1-32H. The van der Waals surface area contributed by atoms with Crippen molar-refractivity contribution in [2.45, 2.75) is 0 Å². The molecule has 0 amide bonds. The molecule has 48 heavy (non-hydrogen) atoms. The molecule has 0 aliphatic carbocycles. The van der Waals surface area contributed by atoms with Gasteiger partial charge in [-0.1, -0.05) is 127 Å². The fraction of sp³-hybridized carbons (Fsp3) is 0. The highest BCUT2D eigenvalue weighted by atomic mass is 15.1. The third kappa shape index (κ3) is 4.74. The van der Waals surface area contributed by atoms with Gasteiger partial charge in [0.1, 0.15) is 0 Å². The van der Waals surface area contributed by atoms with E-state index in [2.05, 4.69) is 204 Å². The predicted molar refractivity (Wildman–Crippen MR) is 204 cm³/mol. The monoisotopic (exact) mass is 612 g/mol. The normalized spacial score (nSPS) is 11.3. The Morgan fingerprint density at radius 2 is 0.917 bits per heavy atom. The average Bonchev–Trinajstić information content (AvgIpc) is 3.51. The Labute approximate surface area is 280 Å². The lowest BCUT2D eigenvalue weighted by molar-refractivity contribution is 1.19. The highest BCUT2D eigenvalue weighted by molar-refractivity contribution is 6.24. The number of benzene rings is 8. The first-order valence-electron chi connectivity index (χ1n) is 16.4. The number of fused-ring (bicyclic) bond motifs is 5. The van der Waals surface area contributed by atoms with E-state index in [1.807, 2.05) is 0 Å². The summed E-state index contributed by atoms with van der Waals surface area (Å²) in [5.41, 5.74) is 11.8. The molecule has 0 bridgehead atoms. The van der Waals surface area contributed by atoms with Gasteiger partial charge in [0.25, 0.3) is 0 Å². The number of rotatable bonds is 6. The fourth-order valence-electron chi connectivity index (χ4n) is 7.16. The number of aromatic nitrogens is 1. The molecule has 0 aliphatic rings. The van der Waals surface area contributed by atoms with Gasteiger partial charge in [0, 0.05) is 38.9 Å². The number of hydrogen-bond donors (Lipinski definition) is 0. The van der Waals surface area contributed by atoms with Crippen LogP contribution >= 0.6 is 0 Å². The van der Waals surface area contributed by atoms with Crippen molar-refractivity contribution in [3.05, 3.63) is 194 Å². The Morgan fingerprint density at radius 3 is 1.58 bits per heavy atom. The minimum atomic E-state index is 1.12. The van der Waals surface area contributed by atoms with Gasteiger partial charge >= 0.3 is 0 Å². The van der Waals surface area contributed by atoms with E-state index in [4.69, 9.17) is 0 Å². The average molecular weight is 613 g/mol. The Bertz CT molecular complexity index is 2480. The van der Waals surface area contributed by atoms with Crippen LogP contribution in [0, 0.1) is 0 Å². The first-order chi connectivity index (χ1) is 23.8. The van der Waals surface area contributed by atoms with Crippen molar-refractivity contribution in [3.63, 3.8) is 0 Å². The van der Waals surface area contributed by atoms with E-state index in [0.29, 0.717) is 0 Å². The molecule has 0 saturated heterocycles. The van der Waals surface area contributed by atoms with Crippen LogP contribution in [0.5, 0.6) is 0 Å². The van der Waals surface area contributed by atoms with Crippen LogP contribution in [0.25, 0.3) is 60.5 Å². The highest BCUT2D eigenvalue weighted by Crippen LogP contribution is 2.44. The molecular formula is C46H32N2. The molecule has 9 rings (SSSR count). The minimum Gasteiger partial charge on any atom is -0.311 e. The van der Waals surface area contributed by atoms with Crippen molar-refractivity contribution in [2.75, 3.05) is 4.90 Å².